The molecule has 0 bridgehead atoms. The molecule has 0 saturated heterocycles. The second-order valence-corrected chi connectivity index (χ2v) is 7.82. The van der Waals surface area contributed by atoms with Crippen LogP contribution < -0.4 is 5.56 Å². The number of para-hydroxylation sites is 2. The fraction of sp³-hybridized carbons (Fsp3) is 0. The van der Waals surface area contributed by atoms with Crippen molar-refractivity contribution in [2.24, 2.45) is 0 Å². The smallest absolute Gasteiger partial charge is 0.262 e. The number of fused-ring (bicyclic) bond motifs is 2. The first kappa shape index (κ1) is 15.3. The molecule has 0 aliphatic rings. The van der Waals surface area contributed by atoms with Crippen molar-refractivity contribution in [3.8, 4) is 5.69 Å². The summed E-state index contributed by atoms with van der Waals surface area (Å²) < 4.78 is 3.61. The Morgan fingerprint density at radius 3 is 2.65 bits per heavy atom. The molecule has 5 aromatic rings. The average molecular weight is 377 g/mol. The van der Waals surface area contributed by atoms with E-state index >= 15 is 0 Å². The molecule has 0 spiro atoms. The number of benzene rings is 2. The van der Waals surface area contributed by atoms with Gasteiger partial charge in [-0.15, -0.1) is 11.3 Å². The number of nitrogens with zero attached hydrogens (tertiary/aromatic N) is 4. The van der Waals surface area contributed by atoms with E-state index in [0.717, 1.165) is 20.2 Å². The molecule has 3 heterocycles. The van der Waals surface area contributed by atoms with Crippen molar-refractivity contribution in [2.45, 2.75) is 9.50 Å². The summed E-state index contributed by atoms with van der Waals surface area (Å²) in [5.41, 5.74) is 2.12. The van der Waals surface area contributed by atoms with Crippen LogP contribution in [-0.2, 0) is 0 Å². The Hall–Kier alpha value is -2.97. The Bertz CT molecular complexity index is 1260. The first-order chi connectivity index (χ1) is 12.8. The molecule has 0 atom stereocenters. The summed E-state index contributed by atoms with van der Waals surface area (Å²) in [5.74, 6) is 0. The summed E-state index contributed by atoms with van der Waals surface area (Å²) in [6, 6.07) is 17.6. The van der Waals surface area contributed by atoms with Crippen LogP contribution in [0.25, 0.3) is 26.9 Å². The van der Waals surface area contributed by atoms with Crippen molar-refractivity contribution >= 4 is 44.3 Å². The number of rotatable bonds is 3. The maximum Gasteiger partial charge on any atom is 0.262 e. The third-order valence-corrected chi connectivity index (χ3v) is 5.86. The molecule has 6 nitrogen and oxygen atoms in total. The normalized spacial score (nSPS) is 11.4. The van der Waals surface area contributed by atoms with E-state index in [4.69, 9.17) is 0 Å². The van der Waals surface area contributed by atoms with Crippen molar-refractivity contribution < 1.29 is 0 Å². The molecule has 3 aromatic heterocycles. The first-order valence-electron chi connectivity index (χ1n) is 7.85. The zero-order chi connectivity index (χ0) is 17.5. The van der Waals surface area contributed by atoms with E-state index in [1.807, 2.05) is 54.6 Å². The van der Waals surface area contributed by atoms with Crippen LogP contribution in [0.15, 0.2) is 75.1 Å². The van der Waals surface area contributed by atoms with Crippen LogP contribution in [0.3, 0.4) is 0 Å². The van der Waals surface area contributed by atoms with Gasteiger partial charge in [0.15, 0.2) is 15.1 Å². The van der Waals surface area contributed by atoms with Crippen LogP contribution in [0, 0.1) is 0 Å². The minimum absolute atomic E-state index is 0.208. The van der Waals surface area contributed by atoms with Crippen molar-refractivity contribution in [1.82, 2.24) is 24.7 Å². The average Bonchev–Trinajstić information content (AvgIpc) is 3.26. The predicted octanol–water partition coefficient (Wildman–Crippen LogP) is 3.87. The number of H-pyrrole nitrogens is 1. The summed E-state index contributed by atoms with van der Waals surface area (Å²) in [6.07, 6.45) is 1.54. The maximum absolute atomic E-state index is 12.4. The van der Waals surface area contributed by atoms with Gasteiger partial charge in [0.2, 0.25) is 0 Å². The van der Waals surface area contributed by atoms with E-state index in [9.17, 15) is 4.79 Å². The molecule has 126 valence electrons. The molecule has 26 heavy (non-hydrogen) atoms. The van der Waals surface area contributed by atoms with Crippen molar-refractivity contribution in [3.05, 3.63) is 71.1 Å². The monoisotopic (exact) mass is 377 g/mol. The Labute approximate surface area is 155 Å². The lowest BCUT2D eigenvalue weighted by Crippen LogP contribution is -2.09. The minimum atomic E-state index is -0.208. The molecule has 0 unspecified atom stereocenters. The molecule has 8 heteroatoms. The summed E-state index contributed by atoms with van der Waals surface area (Å²) in [7, 11) is 0. The van der Waals surface area contributed by atoms with E-state index in [2.05, 4.69) is 20.1 Å². The van der Waals surface area contributed by atoms with Gasteiger partial charge in [-0.1, -0.05) is 30.3 Å². The summed E-state index contributed by atoms with van der Waals surface area (Å²) in [6.45, 7) is 0. The molecular formula is C18H11N5OS2. The highest BCUT2D eigenvalue weighted by Gasteiger charge is 2.13. The van der Waals surface area contributed by atoms with Gasteiger partial charge >= 0.3 is 0 Å². The molecule has 0 radical (unpaired) electrons. The molecule has 1 N–H and O–H groups in total. The Morgan fingerprint density at radius 2 is 1.81 bits per heavy atom. The molecule has 0 fully saturated rings. The molecule has 0 aliphatic carbocycles. The van der Waals surface area contributed by atoms with Crippen molar-refractivity contribution in [2.75, 3.05) is 0 Å². The number of nitrogens with one attached hydrogen (secondary N) is 1. The largest absolute Gasteiger partial charge is 0.300 e. The number of thiazole rings is 1. The number of hydrogen-bond acceptors (Lipinski definition) is 6. The molecule has 0 amide bonds. The number of aromatic nitrogens is 5. The predicted molar refractivity (Wildman–Crippen MR) is 103 cm³/mol. The molecular weight excluding hydrogens is 366 g/mol. The maximum atomic E-state index is 12.4. The van der Waals surface area contributed by atoms with Gasteiger partial charge in [0.05, 0.1) is 22.1 Å². The standard InChI is InChI=1S/C18H11N5OS2/c24-16-12-10-19-23(11-6-2-1-3-7-11)15(12)21-17(22-16)26-18-20-13-8-4-5-9-14(13)25-18/h1-10H,(H,21,22,24). The Morgan fingerprint density at radius 1 is 1.00 bits per heavy atom. The Balaban J connectivity index is 1.61. The van der Waals surface area contributed by atoms with Crippen molar-refractivity contribution in [3.63, 3.8) is 0 Å². The van der Waals surface area contributed by atoms with Crippen LogP contribution in [0.4, 0.5) is 0 Å². The van der Waals surface area contributed by atoms with Gasteiger partial charge in [0, 0.05) is 0 Å². The first-order valence-corrected chi connectivity index (χ1v) is 9.48. The zero-order valence-electron chi connectivity index (χ0n) is 13.3. The van der Waals surface area contributed by atoms with Gasteiger partial charge in [0.25, 0.3) is 5.56 Å². The second-order valence-electron chi connectivity index (χ2n) is 5.55. The van der Waals surface area contributed by atoms with Gasteiger partial charge in [-0.3, -0.25) is 4.79 Å². The molecule has 2 aromatic carbocycles. The third kappa shape index (κ3) is 2.59. The van der Waals surface area contributed by atoms with Gasteiger partial charge in [-0.2, -0.15) is 5.10 Å². The van der Waals surface area contributed by atoms with Gasteiger partial charge < -0.3 is 4.98 Å². The lowest BCUT2D eigenvalue weighted by molar-refractivity contribution is 0.873. The van der Waals surface area contributed by atoms with E-state index in [1.54, 1.807) is 22.2 Å². The van der Waals surface area contributed by atoms with E-state index in [1.165, 1.54) is 11.8 Å². The summed E-state index contributed by atoms with van der Waals surface area (Å²) >= 11 is 2.92. The summed E-state index contributed by atoms with van der Waals surface area (Å²) in [4.78, 5) is 24.4. The highest BCUT2D eigenvalue weighted by atomic mass is 32.2. The lowest BCUT2D eigenvalue weighted by atomic mass is 10.3. The van der Waals surface area contributed by atoms with Crippen LogP contribution >= 0.6 is 23.1 Å². The SMILES string of the molecule is O=c1[nH]c(Sc2nc3ccccc3s2)nc2c1cnn2-c1ccccc1. The highest BCUT2D eigenvalue weighted by molar-refractivity contribution is 8.01. The Kier molecular flexibility index (Phi) is 3.58. The van der Waals surface area contributed by atoms with Gasteiger partial charge in [-0.05, 0) is 36.0 Å². The number of aromatic amines is 1. The van der Waals surface area contributed by atoms with Crippen LogP contribution in [0.5, 0.6) is 0 Å². The fourth-order valence-electron chi connectivity index (χ4n) is 2.68. The van der Waals surface area contributed by atoms with E-state index in [-0.39, 0.29) is 5.56 Å². The highest BCUT2D eigenvalue weighted by Crippen LogP contribution is 2.32. The third-order valence-electron chi connectivity index (χ3n) is 3.88. The second kappa shape index (κ2) is 6.08. The zero-order valence-corrected chi connectivity index (χ0v) is 14.9. The van der Waals surface area contributed by atoms with E-state index in [0.29, 0.717) is 16.2 Å². The van der Waals surface area contributed by atoms with E-state index < -0.39 is 0 Å². The number of hydrogen-bond donors (Lipinski definition) is 1. The van der Waals surface area contributed by atoms with Crippen LogP contribution in [-0.4, -0.2) is 24.7 Å². The van der Waals surface area contributed by atoms with Crippen molar-refractivity contribution in [1.29, 1.82) is 0 Å². The molecule has 0 saturated carbocycles. The van der Waals surface area contributed by atoms with Gasteiger partial charge in [0.1, 0.15) is 5.39 Å². The molecule has 0 aliphatic heterocycles. The topological polar surface area (TPSA) is 76.5 Å². The molecule has 5 rings (SSSR count). The summed E-state index contributed by atoms with van der Waals surface area (Å²) in [5, 5.41) is 5.28. The van der Waals surface area contributed by atoms with Crippen LogP contribution in [0.1, 0.15) is 0 Å². The quantitative estimate of drug-likeness (QED) is 0.483. The van der Waals surface area contributed by atoms with Crippen LogP contribution in [0.2, 0.25) is 0 Å². The fourth-order valence-corrected chi connectivity index (χ4v) is 4.64. The minimum Gasteiger partial charge on any atom is -0.300 e. The lowest BCUT2D eigenvalue weighted by Gasteiger charge is -2.03. The van der Waals surface area contributed by atoms with Gasteiger partial charge in [-0.25, -0.2) is 14.6 Å².